The maximum absolute atomic E-state index is 12.5. The lowest BCUT2D eigenvalue weighted by Gasteiger charge is -2.17. The minimum absolute atomic E-state index is 0.0168. The Kier molecular flexibility index (Phi) is 5.10. The summed E-state index contributed by atoms with van der Waals surface area (Å²) >= 11 is 0. The second kappa shape index (κ2) is 7.13. The summed E-state index contributed by atoms with van der Waals surface area (Å²) in [5.41, 5.74) is 0.937. The van der Waals surface area contributed by atoms with Gasteiger partial charge in [-0.2, -0.15) is 4.98 Å². The number of hydrogen-bond acceptors (Lipinski definition) is 6. The van der Waals surface area contributed by atoms with Crippen molar-refractivity contribution in [1.82, 2.24) is 15.0 Å². The number of carbonyl (C=O) groups excluding carboxylic acids is 1. The third-order valence-corrected chi connectivity index (χ3v) is 5.68. The van der Waals surface area contributed by atoms with Gasteiger partial charge in [-0.15, -0.1) is 0 Å². The van der Waals surface area contributed by atoms with E-state index in [9.17, 15) is 13.2 Å². The average Bonchev–Trinajstić information content (AvgIpc) is 2.89. The van der Waals surface area contributed by atoms with Crippen LogP contribution < -0.4 is 0 Å². The molecule has 3 rings (SSSR count). The maximum Gasteiger partial charge on any atom is 0.316 e. The smallest absolute Gasteiger partial charge is 0.316 e. The number of benzene rings is 1. The zero-order valence-corrected chi connectivity index (χ0v) is 15.3. The Balaban J connectivity index is 1.87. The molecule has 0 radical (unpaired) electrons. The molecule has 1 aliphatic heterocycles. The SMILES string of the molecule is Cc1ccc(-c2noc(C(=O)N3CCCCCC3)n2)cc1S(=O)(=O)Cl. The minimum Gasteiger partial charge on any atom is -0.334 e. The monoisotopic (exact) mass is 383 g/mol. The summed E-state index contributed by atoms with van der Waals surface area (Å²) in [5.74, 6) is -0.231. The second-order valence-electron chi connectivity index (χ2n) is 6.05. The van der Waals surface area contributed by atoms with Crippen LogP contribution in [0.3, 0.4) is 0 Å². The molecule has 2 heterocycles. The van der Waals surface area contributed by atoms with Gasteiger partial charge in [0.05, 0.1) is 4.90 Å². The van der Waals surface area contributed by atoms with E-state index in [-0.39, 0.29) is 22.5 Å². The molecule has 0 atom stereocenters. The molecule has 9 heteroatoms. The number of nitrogens with zero attached hydrogens (tertiary/aromatic N) is 3. The van der Waals surface area contributed by atoms with Gasteiger partial charge in [-0.25, -0.2) is 8.42 Å². The third kappa shape index (κ3) is 4.01. The fourth-order valence-electron chi connectivity index (χ4n) is 2.84. The van der Waals surface area contributed by atoms with E-state index in [1.54, 1.807) is 24.0 Å². The molecule has 1 aromatic carbocycles. The van der Waals surface area contributed by atoms with Crippen LogP contribution in [0.25, 0.3) is 11.4 Å². The number of carbonyl (C=O) groups is 1. The standard InChI is InChI=1S/C16H18ClN3O4S/c1-11-6-7-12(10-13(11)25(17,22)23)14-18-15(24-19-14)16(21)20-8-4-2-3-5-9-20/h6-7,10H,2-5,8-9H2,1H3. The number of amides is 1. The summed E-state index contributed by atoms with van der Waals surface area (Å²) < 4.78 is 28.4. The lowest BCUT2D eigenvalue weighted by Crippen LogP contribution is -2.32. The van der Waals surface area contributed by atoms with Crippen LogP contribution in [0.15, 0.2) is 27.6 Å². The quantitative estimate of drug-likeness (QED) is 0.756. The normalized spacial score (nSPS) is 15.8. The summed E-state index contributed by atoms with van der Waals surface area (Å²) in [5, 5.41) is 3.81. The molecule has 1 saturated heterocycles. The molecule has 134 valence electrons. The molecule has 7 nitrogen and oxygen atoms in total. The highest BCUT2D eigenvalue weighted by molar-refractivity contribution is 8.13. The molecule has 0 saturated carbocycles. The molecule has 0 spiro atoms. The Morgan fingerprint density at radius 2 is 1.88 bits per heavy atom. The van der Waals surface area contributed by atoms with E-state index in [0.29, 0.717) is 24.2 Å². The highest BCUT2D eigenvalue weighted by Crippen LogP contribution is 2.26. The summed E-state index contributed by atoms with van der Waals surface area (Å²) in [4.78, 5) is 18.3. The van der Waals surface area contributed by atoms with Crippen LogP contribution in [0.1, 0.15) is 41.9 Å². The number of rotatable bonds is 3. The first-order chi connectivity index (χ1) is 11.9. The van der Waals surface area contributed by atoms with Gasteiger partial charge < -0.3 is 9.42 Å². The van der Waals surface area contributed by atoms with Gasteiger partial charge in [0.15, 0.2) is 0 Å². The first-order valence-corrected chi connectivity index (χ1v) is 10.4. The van der Waals surface area contributed by atoms with Crippen molar-refractivity contribution >= 4 is 25.6 Å². The molecule has 0 bridgehead atoms. The van der Waals surface area contributed by atoms with Crippen LogP contribution in [0.4, 0.5) is 0 Å². The highest BCUT2D eigenvalue weighted by atomic mass is 35.7. The Hall–Kier alpha value is -1.93. The van der Waals surface area contributed by atoms with Crippen LogP contribution in [0.5, 0.6) is 0 Å². The van der Waals surface area contributed by atoms with E-state index < -0.39 is 9.05 Å². The number of aryl methyl sites for hydroxylation is 1. The predicted molar refractivity (Wildman–Crippen MR) is 91.9 cm³/mol. The van der Waals surface area contributed by atoms with E-state index in [1.807, 2.05) is 0 Å². The molecular formula is C16H18ClN3O4S. The molecule has 1 aromatic heterocycles. The summed E-state index contributed by atoms with van der Waals surface area (Å²) in [6.45, 7) is 3.00. The van der Waals surface area contributed by atoms with Gasteiger partial charge in [-0.3, -0.25) is 4.79 Å². The summed E-state index contributed by atoms with van der Waals surface area (Å²) in [6.07, 6.45) is 4.14. The Labute approximate surface area is 150 Å². The molecule has 1 fully saturated rings. The van der Waals surface area contributed by atoms with Crippen molar-refractivity contribution < 1.29 is 17.7 Å². The minimum atomic E-state index is -3.88. The fourth-order valence-corrected chi connectivity index (χ4v) is 4.06. The van der Waals surface area contributed by atoms with Gasteiger partial charge in [0.25, 0.3) is 9.05 Å². The lowest BCUT2D eigenvalue weighted by molar-refractivity contribution is 0.0711. The molecule has 1 aliphatic rings. The van der Waals surface area contributed by atoms with Crippen molar-refractivity contribution in [2.45, 2.75) is 37.5 Å². The van der Waals surface area contributed by atoms with Gasteiger partial charge in [0.1, 0.15) is 0 Å². The Bertz CT molecular complexity index is 887. The predicted octanol–water partition coefficient (Wildman–Crippen LogP) is 2.99. The molecule has 2 aromatic rings. The fraction of sp³-hybridized carbons (Fsp3) is 0.438. The number of hydrogen-bond donors (Lipinski definition) is 0. The van der Waals surface area contributed by atoms with Crippen molar-refractivity contribution in [1.29, 1.82) is 0 Å². The second-order valence-corrected chi connectivity index (χ2v) is 8.58. The summed E-state index contributed by atoms with van der Waals surface area (Å²) in [6, 6.07) is 4.64. The van der Waals surface area contributed by atoms with Crippen LogP contribution in [0.2, 0.25) is 0 Å². The molecule has 1 amide bonds. The maximum atomic E-state index is 12.5. The van der Waals surface area contributed by atoms with E-state index in [1.165, 1.54) is 6.07 Å². The number of likely N-dealkylation sites (tertiary alicyclic amines) is 1. The van der Waals surface area contributed by atoms with Gasteiger partial charge in [-0.05, 0) is 31.4 Å². The van der Waals surface area contributed by atoms with E-state index in [0.717, 1.165) is 25.7 Å². The van der Waals surface area contributed by atoms with Gasteiger partial charge >= 0.3 is 11.8 Å². The van der Waals surface area contributed by atoms with Crippen molar-refractivity contribution in [2.24, 2.45) is 0 Å². The van der Waals surface area contributed by atoms with Crippen molar-refractivity contribution in [2.75, 3.05) is 13.1 Å². The van der Waals surface area contributed by atoms with Gasteiger partial charge in [-0.1, -0.05) is 30.1 Å². The third-order valence-electron chi connectivity index (χ3n) is 4.21. The highest BCUT2D eigenvalue weighted by Gasteiger charge is 2.24. The zero-order chi connectivity index (χ0) is 18.0. The van der Waals surface area contributed by atoms with Crippen LogP contribution in [-0.4, -0.2) is 42.5 Å². The first kappa shape index (κ1) is 17.9. The van der Waals surface area contributed by atoms with Crippen LogP contribution in [0, 0.1) is 6.92 Å². The number of halogens is 1. The lowest BCUT2D eigenvalue weighted by atomic mass is 10.1. The zero-order valence-electron chi connectivity index (χ0n) is 13.7. The molecule has 25 heavy (non-hydrogen) atoms. The topological polar surface area (TPSA) is 93.4 Å². The van der Waals surface area contributed by atoms with Crippen LogP contribution >= 0.6 is 10.7 Å². The van der Waals surface area contributed by atoms with Crippen molar-refractivity contribution in [3.63, 3.8) is 0 Å². The molecule has 0 aliphatic carbocycles. The molecule has 0 N–H and O–H groups in total. The Morgan fingerprint density at radius 1 is 1.20 bits per heavy atom. The largest absolute Gasteiger partial charge is 0.334 e. The van der Waals surface area contributed by atoms with Crippen molar-refractivity contribution in [3.05, 3.63) is 29.7 Å². The van der Waals surface area contributed by atoms with Crippen LogP contribution in [-0.2, 0) is 9.05 Å². The first-order valence-electron chi connectivity index (χ1n) is 8.05. The molecule has 0 unspecified atom stereocenters. The van der Waals surface area contributed by atoms with Gasteiger partial charge in [0, 0.05) is 29.3 Å². The number of aromatic nitrogens is 2. The van der Waals surface area contributed by atoms with Gasteiger partial charge in [0.2, 0.25) is 5.82 Å². The summed E-state index contributed by atoms with van der Waals surface area (Å²) in [7, 11) is 1.56. The Morgan fingerprint density at radius 3 is 2.52 bits per heavy atom. The van der Waals surface area contributed by atoms with E-state index >= 15 is 0 Å². The average molecular weight is 384 g/mol. The van der Waals surface area contributed by atoms with Crippen molar-refractivity contribution in [3.8, 4) is 11.4 Å². The van der Waals surface area contributed by atoms with E-state index in [4.69, 9.17) is 15.2 Å². The van der Waals surface area contributed by atoms with E-state index in [2.05, 4.69) is 10.1 Å². The molecular weight excluding hydrogens is 366 g/mol.